The lowest BCUT2D eigenvalue weighted by atomic mass is 9.99. The summed E-state index contributed by atoms with van der Waals surface area (Å²) in [5, 5.41) is 0. The zero-order valence-electron chi connectivity index (χ0n) is 12.2. The van der Waals surface area contributed by atoms with E-state index in [0.717, 1.165) is 31.8 Å². The highest BCUT2D eigenvalue weighted by molar-refractivity contribution is 5.37. The minimum atomic E-state index is 0.968. The number of ether oxygens (including phenoxy) is 1. The molecule has 2 nitrogen and oxygen atoms in total. The molecule has 2 heteroatoms. The van der Waals surface area contributed by atoms with E-state index in [2.05, 4.69) is 54.3 Å². The van der Waals surface area contributed by atoms with Gasteiger partial charge in [-0.05, 0) is 42.2 Å². The molecular formula is C18H21NO. The summed E-state index contributed by atoms with van der Waals surface area (Å²) in [6, 6.07) is 15.3. The number of nitrogens with zero attached hydrogens (tertiary/aromatic N) is 1. The molecule has 1 aliphatic heterocycles. The summed E-state index contributed by atoms with van der Waals surface area (Å²) in [5.74, 6) is 0.968. The fourth-order valence-electron chi connectivity index (χ4n) is 2.80. The van der Waals surface area contributed by atoms with Crippen molar-refractivity contribution in [2.45, 2.75) is 26.4 Å². The maximum Gasteiger partial charge on any atom is 0.119 e. The Kier molecular flexibility index (Phi) is 3.75. The summed E-state index contributed by atoms with van der Waals surface area (Å²) in [4.78, 5) is 2.51. The van der Waals surface area contributed by atoms with Crippen LogP contribution in [-0.4, -0.2) is 18.6 Å². The van der Waals surface area contributed by atoms with E-state index in [1.165, 1.54) is 22.3 Å². The fraction of sp³-hybridized carbons (Fsp3) is 0.333. The van der Waals surface area contributed by atoms with Gasteiger partial charge in [0.25, 0.3) is 0 Å². The Balaban J connectivity index is 1.70. The quantitative estimate of drug-likeness (QED) is 0.843. The minimum absolute atomic E-state index is 0.968. The third-order valence-electron chi connectivity index (χ3n) is 4.03. The number of rotatable bonds is 3. The second kappa shape index (κ2) is 5.68. The van der Waals surface area contributed by atoms with E-state index in [4.69, 9.17) is 4.74 Å². The maximum absolute atomic E-state index is 5.30. The van der Waals surface area contributed by atoms with Crippen molar-refractivity contribution in [3.63, 3.8) is 0 Å². The van der Waals surface area contributed by atoms with Gasteiger partial charge in [-0.15, -0.1) is 0 Å². The average Bonchev–Trinajstić information content (AvgIpc) is 2.49. The number of fused-ring (bicyclic) bond motifs is 1. The van der Waals surface area contributed by atoms with Crippen molar-refractivity contribution in [2.75, 3.05) is 13.7 Å². The largest absolute Gasteiger partial charge is 0.497 e. The number of hydrogen-bond donors (Lipinski definition) is 0. The SMILES string of the molecule is COc1ccc2c(c1)CCN(Cc1ccc(C)cc1)C2. The summed E-state index contributed by atoms with van der Waals surface area (Å²) >= 11 is 0. The van der Waals surface area contributed by atoms with Crippen molar-refractivity contribution in [3.8, 4) is 5.75 Å². The molecule has 20 heavy (non-hydrogen) atoms. The molecule has 0 aliphatic carbocycles. The van der Waals surface area contributed by atoms with E-state index in [1.807, 2.05) is 0 Å². The van der Waals surface area contributed by atoms with Gasteiger partial charge in [-0.25, -0.2) is 0 Å². The van der Waals surface area contributed by atoms with Crippen LogP contribution in [0.3, 0.4) is 0 Å². The van der Waals surface area contributed by atoms with Gasteiger partial charge in [-0.1, -0.05) is 35.9 Å². The van der Waals surface area contributed by atoms with Crippen LogP contribution in [0.5, 0.6) is 5.75 Å². The van der Waals surface area contributed by atoms with Gasteiger partial charge in [0.2, 0.25) is 0 Å². The molecule has 2 aromatic rings. The van der Waals surface area contributed by atoms with Gasteiger partial charge in [0.1, 0.15) is 5.75 Å². The van der Waals surface area contributed by atoms with Gasteiger partial charge in [-0.3, -0.25) is 4.90 Å². The van der Waals surface area contributed by atoms with Gasteiger partial charge in [-0.2, -0.15) is 0 Å². The van der Waals surface area contributed by atoms with Crippen molar-refractivity contribution in [2.24, 2.45) is 0 Å². The topological polar surface area (TPSA) is 12.5 Å². The Morgan fingerprint density at radius 3 is 2.60 bits per heavy atom. The molecule has 1 aliphatic rings. The lowest BCUT2D eigenvalue weighted by molar-refractivity contribution is 0.245. The predicted octanol–water partition coefficient (Wildman–Crippen LogP) is 3.56. The maximum atomic E-state index is 5.30. The van der Waals surface area contributed by atoms with Crippen LogP contribution in [0.2, 0.25) is 0 Å². The van der Waals surface area contributed by atoms with Gasteiger partial charge in [0, 0.05) is 19.6 Å². The predicted molar refractivity (Wildman–Crippen MR) is 82.0 cm³/mol. The Bertz CT molecular complexity index is 589. The van der Waals surface area contributed by atoms with Crippen LogP contribution in [0.25, 0.3) is 0 Å². The van der Waals surface area contributed by atoms with Crippen LogP contribution >= 0.6 is 0 Å². The van der Waals surface area contributed by atoms with Crippen LogP contribution in [0.15, 0.2) is 42.5 Å². The minimum Gasteiger partial charge on any atom is -0.497 e. The zero-order valence-corrected chi connectivity index (χ0v) is 12.2. The first-order valence-electron chi connectivity index (χ1n) is 7.18. The average molecular weight is 267 g/mol. The molecule has 0 fully saturated rings. The molecule has 0 saturated carbocycles. The molecule has 2 aromatic carbocycles. The van der Waals surface area contributed by atoms with Crippen molar-refractivity contribution in [3.05, 3.63) is 64.7 Å². The smallest absolute Gasteiger partial charge is 0.119 e. The van der Waals surface area contributed by atoms with E-state index in [0.29, 0.717) is 0 Å². The molecule has 0 spiro atoms. The molecule has 0 radical (unpaired) electrons. The fourth-order valence-corrected chi connectivity index (χ4v) is 2.80. The van der Waals surface area contributed by atoms with Crippen molar-refractivity contribution in [1.29, 1.82) is 0 Å². The third kappa shape index (κ3) is 2.86. The monoisotopic (exact) mass is 267 g/mol. The highest BCUT2D eigenvalue weighted by Gasteiger charge is 2.16. The summed E-state index contributed by atoms with van der Waals surface area (Å²) in [6.07, 6.45) is 1.11. The van der Waals surface area contributed by atoms with Gasteiger partial charge < -0.3 is 4.74 Å². The summed E-state index contributed by atoms with van der Waals surface area (Å²) < 4.78 is 5.30. The normalized spacial score (nSPS) is 14.9. The van der Waals surface area contributed by atoms with E-state index >= 15 is 0 Å². The van der Waals surface area contributed by atoms with Crippen LogP contribution in [0.4, 0.5) is 0 Å². The number of aryl methyl sites for hydroxylation is 1. The van der Waals surface area contributed by atoms with E-state index in [-0.39, 0.29) is 0 Å². The molecule has 0 N–H and O–H groups in total. The van der Waals surface area contributed by atoms with Crippen LogP contribution in [0.1, 0.15) is 22.3 Å². The lowest BCUT2D eigenvalue weighted by Gasteiger charge is -2.29. The molecule has 1 heterocycles. The molecule has 0 aromatic heterocycles. The molecule has 3 rings (SSSR count). The standard InChI is InChI=1S/C18H21NO/c1-14-3-5-15(6-4-14)12-19-10-9-16-11-18(20-2)8-7-17(16)13-19/h3-8,11H,9-10,12-13H2,1-2H3. The summed E-state index contributed by atoms with van der Waals surface area (Å²) in [5.41, 5.74) is 5.59. The molecule has 0 unspecified atom stereocenters. The molecule has 0 atom stereocenters. The van der Waals surface area contributed by atoms with E-state index in [1.54, 1.807) is 7.11 Å². The number of benzene rings is 2. The van der Waals surface area contributed by atoms with Gasteiger partial charge >= 0.3 is 0 Å². The first kappa shape index (κ1) is 13.2. The molecule has 104 valence electrons. The molecule has 0 amide bonds. The number of hydrogen-bond acceptors (Lipinski definition) is 2. The summed E-state index contributed by atoms with van der Waals surface area (Å²) in [7, 11) is 1.73. The second-order valence-corrected chi connectivity index (χ2v) is 5.58. The third-order valence-corrected chi connectivity index (χ3v) is 4.03. The van der Waals surface area contributed by atoms with Crippen molar-refractivity contribution >= 4 is 0 Å². The first-order chi connectivity index (χ1) is 9.74. The van der Waals surface area contributed by atoms with Crippen LogP contribution in [-0.2, 0) is 19.5 Å². The Hall–Kier alpha value is -1.80. The first-order valence-corrected chi connectivity index (χ1v) is 7.18. The Morgan fingerprint density at radius 2 is 1.85 bits per heavy atom. The Labute approximate surface area is 121 Å². The molecule has 0 saturated heterocycles. The lowest BCUT2D eigenvalue weighted by Crippen LogP contribution is -2.30. The second-order valence-electron chi connectivity index (χ2n) is 5.58. The van der Waals surface area contributed by atoms with Gasteiger partial charge in [0.05, 0.1) is 7.11 Å². The molecule has 0 bridgehead atoms. The van der Waals surface area contributed by atoms with Crippen molar-refractivity contribution in [1.82, 2.24) is 4.90 Å². The van der Waals surface area contributed by atoms with Crippen LogP contribution in [0, 0.1) is 6.92 Å². The number of methoxy groups -OCH3 is 1. The highest BCUT2D eigenvalue weighted by atomic mass is 16.5. The Morgan fingerprint density at radius 1 is 1.05 bits per heavy atom. The molecular weight excluding hydrogens is 246 g/mol. The highest BCUT2D eigenvalue weighted by Crippen LogP contribution is 2.24. The van der Waals surface area contributed by atoms with E-state index in [9.17, 15) is 0 Å². The van der Waals surface area contributed by atoms with Crippen LogP contribution < -0.4 is 4.74 Å². The van der Waals surface area contributed by atoms with Crippen molar-refractivity contribution < 1.29 is 4.74 Å². The van der Waals surface area contributed by atoms with E-state index < -0.39 is 0 Å². The zero-order chi connectivity index (χ0) is 13.9. The summed E-state index contributed by atoms with van der Waals surface area (Å²) in [6.45, 7) is 5.32. The van der Waals surface area contributed by atoms with Gasteiger partial charge in [0.15, 0.2) is 0 Å².